The summed E-state index contributed by atoms with van der Waals surface area (Å²) in [5.41, 5.74) is 15.4. The van der Waals surface area contributed by atoms with Crippen molar-refractivity contribution in [3.8, 4) is 0 Å². The minimum Gasteiger partial charge on any atom is -0.394 e. The molecule has 5 N–H and O–H groups in total. The van der Waals surface area contributed by atoms with Crippen LogP contribution in [0.15, 0.2) is 11.4 Å². The summed E-state index contributed by atoms with van der Waals surface area (Å²) in [4.78, 5) is 15.4. The van der Waals surface area contributed by atoms with Crippen LogP contribution in [0.3, 0.4) is 0 Å². The smallest absolute Gasteiger partial charge is 0.224 e. The molecule has 1 aliphatic rings. The Kier molecular flexibility index (Phi) is 4.86. The predicted octanol–water partition coefficient (Wildman–Crippen LogP) is 0.160. The summed E-state index contributed by atoms with van der Waals surface area (Å²) in [5, 5.41) is 25.3. The van der Waals surface area contributed by atoms with E-state index in [0.717, 1.165) is 0 Å². The minimum atomic E-state index is -0.593. The summed E-state index contributed by atoms with van der Waals surface area (Å²) in [7, 11) is 0. The SMILES string of the molecule is CC(CO)Nc1nc(N)nc2c1ncn2[C@H]1C[C@H](N=[N+]=[N-])[C@@H](CO)O1. The zero-order chi connectivity index (χ0) is 18.0. The first-order chi connectivity index (χ1) is 12.1. The van der Waals surface area contributed by atoms with Gasteiger partial charge in [-0.2, -0.15) is 9.97 Å². The van der Waals surface area contributed by atoms with E-state index in [1.54, 1.807) is 11.5 Å². The van der Waals surface area contributed by atoms with Crippen LogP contribution < -0.4 is 11.1 Å². The lowest BCUT2D eigenvalue weighted by Crippen LogP contribution is -2.23. The molecule has 0 bridgehead atoms. The number of aromatic nitrogens is 4. The molecule has 2 aromatic rings. The maximum atomic E-state index is 9.39. The van der Waals surface area contributed by atoms with E-state index in [4.69, 9.17) is 16.0 Å². The van der Waals surface area contributed by atoms with Gasteiger partial charge >= 0.3 is 0 Å². The zero-order valence-electron chi connectivity index (χ0n) is 13.5. The second-order valence-electron chi connectivity index (χ2n) is 5.80. The fourth-order valence-corrected chi connectivity index (χ4v) is 2.76. The maximum Gasteiger partial charge on any atom is 0.224 e. The topological polar surface area (TPSA) is 180 Å². The molecular formula is C13H19N9O3. The molecule has 0 spiro atoms. The maximum absolute atomic E-state index is 9.39. The third-order valence-corrected chi connectivity index (χ3v) is 3.99. The van der Waals surface area contributed by atoms with Gasteiger partial charge < -0.3 is 26.0 Å². The lowest BCUT2D eigenvalue weighted by atomic mass is 10.1. The number of ether oxygens (including phenoxy) is 1. The van der Waals surface area contributed by atoms with E-state index in [2.05, 4.69) is 30.3 Å². The molecule has 4 atom stereocenters. The third-order valence-electron chi connectivity index (χ3n) is 3.99. The van der Waals surface area contributed by atoms with Crippen molar-refractivity contribution in [1.82, 2.24) is 19.5 Å². The number of nitrogen functional groups attached to an aromatic ring is 1. The molecule has 0 saturated carbocycles. The Balaban J connectivity index is 1.97. The van der Waals surface area contributed by atoms with Gasteiger partial charge in [-0.05, 0) is 12.5 Å². The van der Waals surface area contributed by atoms with Crippen LogP contribution in [0.1, 0.15) is 19.6 Å². The number of imidazole rings is 1. The van der Waals surface area contributed by atoms with Gasteiger partial charge in [-0.3, -0.25) is 4.57 Å². The number of aliphatic hydroxyl groups excluding tert-OH is 2. The Morgan fingerprint density at radius 3 is 3.04 bits per heavy atom. The van der Waals surface area contributed by atoms with Gasteiger partial charge in [0.15, 0.2) is 17.0 Å². The van der Waals surface area contributed by atoms with E-state index in [1.165, 1.54) is 6.33 Å². The zero-order valence-corrected chi connectivity index (χ0v) is 13.5. The molecule has 3 heterocycles. The number of rotatable bonds is 6. The first-order valence-electron chi connectivity index (χ1n) is 7.75. The molecule has 12 nitrogen and oxygen atoms in total. The number of azide groups is 1. The van der Waals surface area contributed by atoms with Gasteiger partial charge in [-0.1, -0.05) is 5.11 Å². The average molecular weight is 349 g/mol. The number of hydrogen-bond acceptors (Lipinski definition) is 9. The monoisotopic (exact) mass is 349 g/mol. The highest BCUT2D eigenvalue weighted by Crippen LogP contribution is 2.33. The van der Waals surface area contributed by atoms with Gasteiger partial charge in [0.1, 0.15) is 6.23 Å². The number of nitrogens with zero attached hydrogens (tertiary/aromatic N) is 7. The van der Waals surface area contributed by atoms with Gasteiger partial charge in [-0.15, -0.1) is 0 Å². The minimum absolute atomic E-state index is 0.0465. The van der Waals surface area contributed by atoms with Crippen LogP contribution in [0.4, 0.5) is 11.8 Å². The lowest BCUT2D eigenvalue weighted by Gasteiger charge is -2.15. The van der Waals surface area contributed by atoms with Crippen molar-refractivity contribution in [2.24, 2.45) is 5.11 Å². The Morgan fingerprint density at radius 2 is 2.36 bits per heavy atom. The van der Waals surface area contributed by atoms with Crippen molar-refractivity contribution < 1.29 is 14.9 Å². The van der Waals surface area contributed by atoms with Crippen LogP contribution in [0.5, 0.6) is 0 Å². The molecule has 0 aliphatic carbocycles. The number of nitrogens with one attached hydrogen (secondary N) is 1. The first-order valence-corrected chi connectivity index (χ1v) is 7.75. The molecule has 1 unspecified atom stereocenters. The molecule has 1 fully saturated rings. The van der Waals surface area contributed by atoms with E-state index in [1.807, 2.05) is 0 Å². The van der Waals surface area contributed by atoms with Crippen LogP contribution in [0.25, 0.3) is 21.6 Å². The van der Waals surface area contributed by atoms with Crippen molar-refractivity contribution in [3.05, 3.63) is 16.8 Å². The molecule has 25 heavy (non-hydrogen) atoms. The molecule has 0 radical (unpaired) electrons. The molecule has 1 aliphatic heterocycles. The van der Waals surface area contributed by atoms with Crippen LogP contribution in [-0.2, 0) is 4.74 Å². The molecule has 2 aromatic heterocycles. The van der Waals surface area contributed by atoms with Gasteiger partial charge in [0.05, 0.1) is 31.7 Å². The van der Waals surface area contributed by atoms with Gasteiger partial charge in [0.2, 0.25) is 5.95 Å². The predicted molar refractivity (Wildman–Crippen MR) is 88.5 cm³/mol. The van der Waals surface area contributed by atoms with Crippen molar-refractivity contribution in [2.45, 2.75) is 37.8 Å². The second-order valence-corrected chi connectivity index (χ2v) is 5.80. The summed E-state index contributed by atoms with van der Waals surface area (Å²) in [5.74, 6) is 0.455. The number of nitrogens with two attached hydrogens (primary N) is 1. The molecule has 1 saturated heterocycles. The van der Waals surface area contributed by atoms with Crippen LogP contribution in [0, 0.1) is 0 Å². The summed E-state index contributed by atoms with van der Waals surface area (Å²) in [6.45, 7) is 1.45. The fraction of sp³-hybridized carbons (Fsp3) is 0.615. The number of hydrogen-bond donors (Lipinski definition) is 4. The Hall–Kier alpha value is -2.66. The van der Waals surface area contributed by atoms with E-state index in [0.29, 0.717) is 23.4 Å². The normalized spacial score (nSPS) is 24.2. The van der Waals surface area contributed by atoms with E-state index < -0.39 is 18.4 Å². The summed E-state index contributed by atoms with van der Waals surface area (Å²) in [6, 6.07) is -0.720. The quantitative estimate of drug-likeness (QED) is 0.323. The van der Waals surface area contributed by atoms with Crippen molar-refractivity contribution >= 4 is 22.9 Å². The highest BCUT2D eigenvalue weighted by Gasteiger charge is 2.36. The van der Waals surface area contributed by atoms with Crippen molar-refractivity contribution in [3.63, 3.8) is 0 Å². The third kappa shape index (κ3) is 3.28. The molecule has 12 heteroatoms. The Morgan fingerprint density at radius 1 is 1.56 bits per heavy atom. The lowest BCUT2D eigenvalue weighted by molar-refractivity contribution is -0.0232. The summed E-state index contributed by atoms with van der Waals surface area (Å²) < 4.78 is 7.42. The van der Waals surface area contributed by atoms with Crippen LogP contribution >= 0.6 is 0 Å². The second kappa shape index (κ2) is 7.07. The standard InChI is InChI=1S/C13H19N9O3/c1-6(3-23)17-11-10-12(19-13(14)18-11)22(5-16-10)9-2-7(20-21-15)8(4-24)25-9/h5-9,23-24H,2-4H2,1H3,(H3,14,17,18,19)/t6?,7-,8+,9+/m0/s1. The molecule has 0 aromatic carbocycles. The summed E-state index contributed by atoms with van der Waals surface area (Å²) in [6.07, 6.45) is 0.811. The number of fused-ring (bicyclic) bond motifs is 1. The van der Waals surface area contributed by atoms with Crippen molar-refractivity contribution in [1.29, 1.82) is 0 Å². The number of anilines is 2. The fourth-order valence-electron chi connectivity index (χ4n) is 2.76. The van der Waals surface area contributed by atoms with Gasteiger partial charge in [0.25, 0.3) is 0 Å². The number of aliphatic hydroxyl groups is 2. The Bertz CT molecular complexity index is 803. The molecule has 3 rings (SSSR count). The van der Waals surface area contributed by atoms with E-state index >= 15 is 0 Å². The van der Waals surface area contributed by atoms with Crippen LogP contribution in [0.2, 0.25) is 0 Å². The van der Waals surface area contributed by atoms with Gasteiger partial charge in [0, 0.05) is 17.4 Å². The Labute approximate surface area is 142 Å². The highest BCUT2D eigenvalue weighted by molar-refractivity contribution is 5.84. The molecule has 0 amide bonds. The van der Waals surface area contributed by atoms with Crippen molar-refractivity contribution in [2.75, 3.05) is 24.3 Å². The molecular weight excluding hydrogens is 330 g/mol. The van der Waals surface area contributed by atoms with E-state index in [9.17, 15) is 10.2 Å². The molecule has 134 valence electrons. The highest BCUT2D eigenvalue weighted by atomic mass is 16.5. The average Bonchev–Trinajstić information content (AvgIpc) is 3.18. The van der Waals surface area contributed by atoms with Gasteiger partial charge in [-0.25, -0.2) is 4.98 Å². The first kappa shape index (κ1) is 17.2. The van der Waals surface area contributed by atoms with Crippen LogP contribution in [-0.4, -0.2) is 61.1 Å². The van der Waals surface area contributed by atoms with E-state index in [-0.39, 0.29) is 25.2 Å². The summed E-state index contributed by atoms with van der Waals surface area (Å²) >= 11 is 0. The largest absolute Gasteiger partial charge is 0.394 e.